The van der Waals surface area contributed by atoms with Gasteiger partial charge in [0.1, 0.15) is 5.82 Å². The first-order valence-corrected chi connectivity index (χ1v) is 6.57. The topological polar surface area (TPSA) is 49.9 Å². The summed E-state index contributed by atoms with van der Waals surface area (Å²) in [6.07, 6.45) is 1.06. The SMILES string of the molecule is Brc1ccc2nc(CC3CNCCO3)[nH]c2c1. The summed E-state index contributed by atoms with van der Waals surface area (Å²) in [6.45, 7) is 2.64. The number of ether oxygens (including phenoxy) is 1. The van der Waals surface area contributed by atoms with Crippen LogP contribution in [-0.4, -0.2) is 35.8 Å². The smallest absolute Gasteiger partial charge is 0.109 e. The van der Waals surface area contributed by atoms with Gasteiger partial charge in [-0.05, 0) is 18.2 Å². The molecule has 0 aliphatic carbocycles. The third-order valence-electron chi connectivity index (χ3n) is 2.92. The van der Waals surface area contributed by atoms with Crippen LogP contribution >= 0.6 is 15.9 Å². The minimum absolute atomic E-state index is 0.229. The van der Waals surface area contributed by atoms with Crippen LogP contribution in [0.25, 0.3) is 11.0 Å². The van der Waals surface area contributed by atoms with Gasteiger partial charge in [0.25, 0.3) is 0 Å². The van der Waals surface area contributed by atoms with Crippen molar-refractivity contribution in [2.45, 2.75) is 12.5 Å². The van der Waals surface area contributed by atoms with Gasteiger partial charge in [0.05, 0.1) is 23.7 Å². The third-order valence-corrected chi connectivity index (χ3v) is 3.41. The highest BCUT2D eigenvalue weighted by atomic mass is 79.9. The molecule has 2 aromatic rings. The molecular formula is C12H14BrN3O. The summed E-state index contributed by atoms with van der Waals surface area (Å²) in [5, 5.41) is 3.32. The minimum atomic E-state index is 0.229. The molecule has 0 amide bonds. The maximum atomic E-state index is 5.67. The zero-order valence-corrected chi connectivity index (χ0v) is 11.0. The molecule has 1 saturated heterocycles. The van der Waals surface area contributed by atoms with Gasteiger partial charge in [-0.1, -0.05) is 15.9 Å². The fraction of sp³-hybridized carbons (Fsp3) is 0.417. The molecule has 1 fully saturated rings. The first-order valence-electron chi connectivity index (χ1n) is 5.78. The second-order valence-electron chi connectivity index (χ2n) is 4.25. The Kier molecular flexibility index (Phi) is 3.13. The molecule has 2 heterocycles. The van der Waals surface area contributed by atoms with Gasteiger partial charge in [-0.3, -0.25) is 0 Å². The molecule has 4 nitrogen and oxygen atoms in total. The average Bonchev–Trinajstić information content (AvgIpc) is 2.71. The van der Waals surface area contributed by atoms with E-state index in [0.29, 0.717) is 0 Å². The molecule has 17 heavy (non-hydrogen) atoms. The lowest BCUT2D eigenvalue weighted by molar-refractivity contribution is 0.0282. The van der Waals surface area contributed by atoms with E-state index in [-0.39, 0.29) is 6.10 Å². The zero-order chi connectivity index (χ0) is 11.7. The lowest BCUT2D eigenvalue weighted by atomic mass is 10.2. The standard InChI is InChI=1S/C12H14BrN3O/c13-8-1-2-10-11(5-8)16-12(15-10)6-9-7-14-3-4-17-9/h1-2,5,9,14H,3-4,6-7H2,(H,15,16). The van der Waals surface area contributed by atoms with Gasteiger partial charge in [0, 0.05) is 24.0 Å². The number of aromatic nitrogens is 2. The molecule has 1 unspecified atom stereocenters. The lowest BCUT2D eigenvalue weighted by Gasteiger charge is -2.22. The first kappa shape index (κ1) is 11.2. The van der Waals surface area contributed by atoms with Crippen LogP contribution in [0.1, 0.15) is 5.82 Å². The molecule has 1 aliphatic heterocycles. The van der Waals surface area contributed by atoms with Crippen molar-refractivity contribution in [1.82, 2.24) is 15.3 Å². The molecule has 0 spiro atoms. The largest absolute Gasteiger partial charge is 0.375 e. The summed E-state index contributed by atoms with van der Waals surface area (Å²) in [4.78, 5) is 7.90. The Morgan fingerprint density at radius 1 is 1.47 bits per heavy atom. The van der Waals surface area contributed by atoms with Crippen molar-refractivity contribution in [3.8, 4) is 0 Å². The number of morpholine rings is 1. The number of nitrogens with zero attached hydrogens (tertiary/aromatic N) is 1. The van der Waals surface area contributed by atoms with E-state index in [0.717, 1.165) is 47.4 Å². The van der Waals surface area contributed by atoms with Gasteiger partial charge < -0.3 is 15.0 Å². The Labute approximate surface area is 108 Å². The second-order valence-corrected chi connectivity index (χ2v) is 5.16. The van der Waals surface area contributed by atoms with Crippen LogP contribution in [-0.2, 0) is 11.2 Å². The normalized spacial score (nSPS) is 20.9. The van der Waals surface area contributed by atoms with Crippen molar-refractivity contribution >= 4 is 27.0 Å². The predicted molar refractivity (Wildman–Crippen MR) is 70.1 cm³/mol. The molecule has 0 bridgehead atoms. The number of fused-ring (bicyclic) bond motifs is 1. The van der Waals surface area contributed by atoms with Gasteiger partial charge in [-0.25, -0.2) is 4.98 Å². The van der Waals surface area contributed by atoms with E-state index in [1.54, 1.807) is 0 Å². The quantitative estimate of drug-likeness (QED) is 0.889. The van der Waals surface area contributed by atoms with E-state index in [9.17, 15) is 0 Å². The highest BCUT2D eigenvalue weighted by Crippen LogP contribution is 2.18. The van der Waals surface area contributed by atoms with Gasteiger partial charge in [-0.2, -0.15) is 0 Å². The van der Waals surface area contributed by atoms with Crippen LogP contribution in [0, 0.1) is 0 Å². The number of aromatic amines is 1. The van der Waals surface area contributed by atoms with Crippen LogP contribution in [0.4, 0.5) is 0 Å². The average molecular weight is 296 g/mol. The maximum Gasteiger partial charge on any atom is 0.109 e. The van der Waals surface area contributed by atoms with Crippen molar-refractivity contribution in [2.24, 2.45) is 0 Å². The molecule has 1 aromatic heterocycles. The number of nitrogens with one attached hydrogen (secondary N) is 2. The number of hydrogen-bond acceptors (Lipinski definition) is 3. The molecule has 90 valence electrons. The highest BCUT2D eigenvalue weighted by molar-refractivity contribution is 9.10. The number of imidazole rings is 1. The summed E-state index contributed by atoms with van der Waals surface area (Å²) in [6, 6.07) is 6.07. The fourth-order valence-electron chi connectivity index (χ4n) is 2.10. The van der Waals surface area contributed by atoms with Gasteiger partial charge in [0.2, 0.25) is 0 Å². The molecule has 1 aromatic carbocycles. The summed E-state index contributed by atoms with van der Waals surface area (Å²) < 4.78 is 6.74. The monoisotopic (exact) mass is 295 g/mol. The summed E-state index contributed by atoms with van der Waals surface area (Å²) >= 11 is 3.46. The Hall–Kier alpha value is -0.910. The van der Waals surface area contributed by atoms with E-state index in [1.807, 2.05) is 18.2 Å². The van der Waals surface area contributed by atoms with Crippen molar-refractivity contribution in [3.63, 3.8) is 0 Å². The van der Waals surface area contributed by atoms with E-state index in [4.69, 9.17) is 4.74 Å². The number of halogens is 1. The molecule has 1 atom stereocenters. The first-order chi connectivity index (χ1) is 8.31. The van der Waals surface area contributed by atoms with Crippen molar-refractivity contribution in [3.05, 3.63) is 28.5 Å². The van der Waals surface area contributed by atoms with Crippen LogP contribution in [0.2, 0.25) is 0 Å². The van der Waals surface area contributed by atoms with Crippen LogP contribution < -0.4 is 5.32 Å². The number of rotatable bonds is 2. The van der Waals surface area contributed by atoms with Crippen LogP contribution in [0.15, 0.2) is 22.7 Å². The molecular weight excluding hydrogens is 282 g/mol. The fourth-order valence-corrected chi connectivity index (χ4v) is 2.46. The maximum absolute atomic E-state index is 5.67. The van der Waals surface area contributed by atoms with Gasteiger partial charge in [0.15, 0.2) is 0 Å². The third kappa shape index (κ3) is 2.51. The summed E-state index contributed by atoms with van der Waals surface area (Å²) in [5.74, 6) is 0.992. The van der Waals surface area contributed by atoms with Crippen LogP contribution in [0.5, 0.6) is 0 Å². The van der Waals surface area contributed by atoms with E-state index in [1.165, 1.54) is 0 Å². The van der Waals surface area contributed by atoms with E-state index in [2.05, 4.69) is 31.2 Å². The predicted octanol–water partition coefficient (Wildman–Crippen LogP) is 1.86. The number of H-pyrrole nitrogens is 1. The zero-order valence-electron chi connectivity index (χ0n) is 9.37. The molecule has 0 radical (unpaired) electrons. The number of hydrogen-bond donors (Lipinski definition) is 2. The second kappa shape index (κ2) is 4.76. The van der Waals surface area contributed by atoms with Gasteiger partial charge >= 0.3 is 0 Å². The van der Waals surface area contributed by atoms with Crippen molar-refractivity contribution < 1.29 is 4.74 Å². The van der Waals surface area contributed by atoms with E-state index >= 15 is 0 Å². The molecule has 0 saturated carbocycles. The summed E-state index contributed by atoms with van der Waals surface area (Å²) in [7, 11) is 0. The Morgan fingerprint density at radius 3 is 3.24 bits per heavy atom. The summed E-state index contributed by atoms with van der Waals surface area (Å²) in [5.41, 5.74) is 2.07. The molecule has 1 aliphatic rings. The molecule has 3 rings (SSSR count). The van der Waals surface area contributed by atoms with Crippen molar-refractivity contribution in [1.29, 1.82) is 0 Å². The van der Waals surface area contributed by atoms with Crippen molar-refractivity contribution in [2.75, 3.05) is 19.7 Å². The lowest BCUT2D eigenvalue weighted by Crippen LogP contribution is -2.39. The highest BCUT2D eigenvalue weighted by Gasteiger charge is 2.15. The van der Waals surface area contributed by atoms with Crippen LogP contribution in [0.3, 0.4) is 0 Å². The molecule has 2 N–H and O–H groups in total. The minimum Gasteiger partial charge on any atom is -0.375 e. The Bertz CT molecular complexity index is 519. The van der Waals surface area contributed by atoms with Gasteiger partial charge in [-0.15, -0.1) is 0 Å². The van der Waals surface area contributed by atoms with E-state index < -0.39 is 0 Å². The number of benzene rings is 1. The Morgan fingerprint density at radius 2 is 2.41 bits per heavy atom. The molecule has 5 heteroatoms. The Balaban J connectivity index is 1.80.